The Morgan fingerprint density at radius 1 is 1.33 bits per heavy atom. The number of alkyl halides is 1. The number of carbonyl (C=O) groups is 1. The molecule has 1 unspecified atom stereocenters. The summed E-state index contributed by atoms with van der Waals surface area (Å²) in [5, 5.41) is 0. The fraction of sp³-hybridized carbons (Fsp3) is 0.417. The van der Waals surface area contributed by atoms with Gasteiger partial charge < -0.3 is 4.74 Å². The Hall–Kier alpha value is -0.830. The van der Waals surface area contributed by atoms with Gasteiger partial charge in [0.25, 0.3) is 0 Å². The monoisotopic (exact) mass is 270 g/mol. The Labute approximate surface area is 98.8 Å². The Morgan fingerprint density at radius 2 is 1.93 bits per heavy atom. The Morgan fingerprint density at radius 3 is 2.40 bits per heavy atom. The molecule has 1 rings (SSSR count). The highest BCUT2D eigenvalue weighted by molar-refractivity contribution is 9.10. The van der Waals surface area contributed by atoms with Crippen LogP contribution in [0.2, 0.25) is 0 Å². The molecule has 3 heteroatoms. The van der Waals surface area contributed by atoms with E-state index in [2.05, 4.69) is 15.9 Å². The molecule has 0 fully saturated rings. The molecule has 0 aliphatic heterocycles. The van der Waals surface area contributed by atoms with Gasteiger partial charge in [0.2, 0.25) is 0 Å². The lowest BCUT2D eigenvalue weighted by Gasteiger charge is -2.24. The van der Waals surface area contributed by atoms with E-state index < -0.39 is 4.32 Å². The fourth-order valence-electron chi connectivity index (χ4n) is 1.41. The van der Waals surface area contributed by atoms with Gasteiger partial charge in [-0.05, 0) is 18.9 Å². The molecular weight excluding hydrogens is 256 g/mol. The molecular formula is C12H15BrO2. The van der Waals surface area contributed by atoms with Crippen molar-refractivity contribution in [2.75, 3.05) is 6.61 Å². The predicted octanol–water partition coefficient (Wildman–Crippen LogP) is 3.25. The minimum atomic E-state index is -0.704. The van der Waals surface area contributed by atoms with Crippen LogP contribution in [-0.2, 0) is 13.9 Å². The largest absolute Gasteiger partial charge is 0.465 e. The molecule has 1 aromatic rings. The van der Waals surface area contributed by atoms with Crippen molar-refractivity contribution in [2.45, 2.75) is 24.6 Å². The Kier molecular flexibility index (Phi) is 4.33. The van der Waals surface area contributed by atoms with Gasteiger partial charge in [0, 0.05) is 0 Å². The van der Waals surface area contributed by atoms with Crippen LogP contribution in [0.1, 0.15) is 25.8 Å². The predicted molar refractivity (Wildman–Crippen MR) is 64.0 cm³/mol. The van der Waals surface area contributed by atoms with E-state index in [0.29, 0.717) is 13.0 Å². The molecule has 0 radical (unpaired) electrons. The summed E-state index contributed by atoms with van der Waals surface area (Å²) in [5.41, 5.74) is 0.936. The van der Waals surface area contributed by atoms with Gasteiger partial charge in [0.1, 0.15) is 4.32 Å². The minimum Gasteiger partial charge on any atom is -0.465 e. The fourth-order valence-corrected chi connectivity index (χ4v) is 1.79. The summed E-state index contributed by atoms with van der Waals surface area (Å²) in [6, 6.07) is 9.61. The van der Waals surface area contributed by atoms with Crippen molar-refractivity contribution in [3.05, 3.63) is 35.9 Å². The lowest BCUT2D eigenvalue weighted by atomic mass is 9.96. The van der Waals surface area contributed by atoms with Gasteiger partial charge in [0.05, 0.1) is 6.61 Å². The lowest BCUT2D eigenvalue weighted by molar-refractivity contribution is -0.146. The summed E-state index contributed by atoms with van der Waals surface area (Å²) in [6.45, 7) is 4.17. The van der Waals surface area contributed by atoms with Crippen molar-refractivity contribution in [3.8, 4) is 0 Å². The maximum Gasteiger partial charge on any atom is 0.327 e. The minimum absolute atomic E-state index is 0.223. The van der Waals surface area contributed by atoms with Gasteiger partial charge >= 0.3 is 5.97 Å². The van der Waals surface area contributed by atoms with Crippen LogP contribution < -0.4 is 0 Å². The average molecular weight is 271 g/mol. The molecule has 0 aromatic heterocycles. The molecule has 0 heterocycles. The van der Waals surface area contributed by atoms with Crippen LogP contribution in [0.5, 0.6) is 0 Å². The van der Waals surface area contributed by atoms with Crippen LogP contribution in [0, 0.1) is 0 Å². The molecule has 0 spiro atoms. The molecule has 0 bridgehead atoms. The molecule has 2 nitrogen and oxygen atoms in total. The SMILES string of the molecule is CCOC(=O)C(Br)(CC)c1ccccc1. The van der Waals surface area contributed by atoms with E-state index in [-0.39, 0.29) is 5.97 Å². The van der Waals surface area contributed by atoms with E-state index >= 15 is 0 Å². The normalized spacial score (nSPS) is 14.3. The quantitative estimate of drug-likeness (QED) is 0.620. The highest BCUT2D eigenvalue weighted by Gasteiger charge is 2.36. The second-order valence-electron chi connectivity index (χ2n) is 3.24. The number of carbonyl (C=O) groups excluding carboxylic acids is 1. The molecule has 0 aliphatic carbocycles. The average Bonchev–Trinajstić information content (AvgIpc) is 2.29. The summed E-state index contributed by atoms with van der Waals surface area (Å²) < 4.78 is 4.36. The van der Waals surface area contributed by atoms with Crippen molar-refractivity contribution in [1.29, 1.82) is 0 Å². The van der Waals surface area contributed by atoms with E-state index in [0.717, 1.165) is 5.56 Å². The zero-order valence-corrected chi connectivity index (χ0v) is 10.6. The summed E-state index contributed by atoms with van der Waals surface area (Å²) in [6.07, 6.45) is 0.663. The first-order chi connectivity index (χ1) is 7.15. The van der Waals surface area contributed by atoms with Crippen molar-refractivity contribution < 1.29 is 9.53 Å². The third kappa shape index (κ3) is 2.59. The van der Waals surface area contributed by atoms with Crippen LogP contribution in [-0.4, -0.2) is 12.6 Å². The molecule has 0 aliphatic rings. The molecule has 0 saturated carbocycles. The highest BCUT2D eigenvalue weighted by Crippen LogP contribution is 2.36. The Bertz CT molecular complexity index is 324. The summed E-state index contributed by atoms with van der Waals surface area (Å²) in [4.78, 5) is 11.8. The highest BCUT2D eigenvalue weighted by atomic mass is 79.9. The van der Waals surface area contributed by atoms with Gasteiger partial charge in [-0.25, -0.2) is 0 Å². The van der Waals surface area contributed by atoms with Gasteiger partial charge in [-0.1, -0.05) is 53.2 Å². The van der Waals surface area contributed by atoms with Crippen molar-refractivity contribution >= 4 is 21.9 Å². The molecule has 0 amide bonds. The van der Waals surface area contributed by atoms with E-state index in [1.165, 1.54) is 0 Å². The van der Waals surface area contributed by atoms with E-state index in [4.69, 9.17) is 4.74 Å². The first-order valence-electron chi connectivity index (χ1n) is 5.06. The smallest absolute Gasteiger partial charge is 0.327 e. The first-order valence-corrected chi connectivity index (χ1v) is 5.86. The van der Waals surface area contributed by atoms with Gasteiger partial charge in [-0.15, -0.1) is 0 Å². The van der Waals surface area contributed by atoms with Gasteiger partial charge in [-0.3, -0.25) is 4.79 Å². The molecule has 0 saturated heterocycles. The van der Waals surface area contributed by atoms with Gasteiger partial charge in [-0.2, -0.15) is 0 Å². The number of benzene rings is 1. The van der Waals surface area contributed by atoms with Crippen LogP contribution in [0.4, 0.5) is 0 Å². The Balaban J connectivity index is 3.00. The van der Waals surface area contributed by atoms with E-state index in [9.17, 15) is 4.79 Å². The number of halogens is 1. The van der Waals surface area contributed by atoms with Crippen molar-refractivity contribution in [1.82, 2.24) is 0 Å². The topological polar surface area (TPSA) is 26.3 Å². The second kappa shape index (κ2) is 5.31. The van der Waals surface area contributed by atoms with Crippen molar-refractivity contribution in [2.24, 2.45) is 0 Å². The number of ether oxygens (including phenoxy) is 1. The molecule has 0 N–H and O–H groups in total. The maximum absolute atomic E-state index is 11.8. The lowest BCUT2D eigenvalue weighted by Crippen LogP contribution is -2.30. The third-order valence-electron chi connectivity index (χ3n) is 2.32. The number of hydrogen-bond acceptors (Lipinski definition) is 2. The van der Waals surface area contributed by atoms with Crippen molar-refractivity contribution in [3.63, 3.8) is 0 Å². The number of hydrogen-bond donors (Lipinski definition) is 0. The first kappa shape index (κ1) is 12.2. The zero-order valence-electron chi connectivity index (χ0n) is 9.00. The zero-order chi connectivity index (χ0) is 11.3. The molecule has 15 heavy (non-hydrogen) atoms. The molecule has 1 aromatic carbocycles. The van der Waals surface area contributed by atoms with Crippen LogP contribution in [0.25, 0.3) is 0 Å². The standard InChI is InChI=1S/C12H15BrO2/c1-3-12(13,11(14)15-4-2)10-8-6-5-7-9-10/h5-9H,3-4H2,1-2H3. The number of rotatable bonds is 4. The van der Waals surface area contributed by atoms with E-state index in [1.54, 1.807) is 0 Å². The van der Waals surface area contributed by atoms with Gasteiger partial charge in [0.15, 0.2) is 0 Å². The molecule has 1 atom stereocenters. The summed E-state index contributed by atoms with van der Waals surface area (Å²) >= 11 is 3.48. The van der Waals surface area contributed by atoms with E-state index in [1.807, 2.05) is 44.2 Å². The third-order valence-corrected chi connectivity index (χ3v) is 3.66. The summed E-state index contributed by atoms with van der Waals surface area (Å²) in [7, 11) is 0. The second-order valence-corrected chi connectivity index (χ2v) is 4.59. The van der Waals surface area contributed by atoms with Crippen LogP contribution in [0.15, 0.2) is 30.3 Å². The number of esters is 1. The molecule has 82 valence electrons. The van der Waals surface area contributed by atoms with Crippen LogP contribution >= 0.6 is 15.9 Å². The summed E-state index contributed by atoms with van der Waals surface area (Å²) in [5.74, 6) is -0.223. The maximum atomic E-state index is 11.8. The van der Waals surface area contributed by atoms with Crippen LogP contribution in [0.3, 0.4) is 0 Å².